The highest BCUT2D eigenvalue weighted by Crippen LogP contribution is 2.44. The van der Waals surface area contributed by atoms with Crippen LogP contribution >= 0.6 is 45.2 Å². The molecule has 0 aromatic rings. The molecule has 0 aromatic carbocycles. The van der Waals surface area contributed by atoms with Gasteiger partial charge < -0.3 is 0 Å². The second kappa shape index (κ2) is 2.43. The maximum atomic E-state index is 11.5. The molecule has 0 aromatic heterocycles. The third kappa shape index (κ3) is 2.65. The van der Waals surface area contributed by atoms with Gasteiger partial charge in [-0.15, -0.1) is 0 Å². The summed E-state index contributed by atoms with van der Waals surface area (Å²) in [4.78, 5) is 0. The van der Waals surface area contributed by atoms with Gasteiger partial charge in [0.25, 0.3) is 0 Å². The fraction of sp³-hybridized carbons (Fsp3) is 1.00. The number of hydrogen-bond donors (Lipinski definition) is 0. The lowest BCUT2D eigenvalue weighted by Gasteiger charge is -2.13. The second-order valence-electron chi connectivity index (χ2n) is 0.996. The quantitative estimate of drug-likeness (QED) is 0.386. The van der Waals surface area contributed by atoms with Crippen LogP contribution in [-0.2, 0) is 0 Å². The Kier molecular flexibility index (Phi) is 2.79. The summed E-state index contributed by atoms with van der Waals surface area (Å²) in [5.74, 6) is 0. The molecule has 0 fully saturated rings. The summed E-state index contributed by atoms with van der Waals surface area (Å²) < 4.78 is 38.0. The number of rotatable bonds is 1. The maximum Gasteiger partial charge on any atom is 0.367 e. The van der Waals surface area contributed by atoms with Gasteiger partial charge in [0, 0.05) is 45.2 Å². The zero-order valence-electron chi connectivity index (χ0n) is 3.27. The van der Waals surface area contributed by atoms with E-state index in [-0.39, 0.29) is 0 Å². The normalized spacial score (nSPS) is 14.2. The Morgan fingerprint density at radius 2 is 0.875 bits per heavy atom. The first kappa shape index (κ1) is 9.18. The molecular formula is C2F4I2. The minimum Gasteiger partial charge on any atom is -0.187 e. The number of hydrogen-bond acceptors (Lipinski definition) is 0. The minimum absolute atomic E-state index is 0.393. The SMILES string of the molecule is FC(F)(I)C(F)(F)I. The second-order valence-corrected chi connectivity index (χ2v) is 3.71. The average molecular weight is 354 g/mol. The van der Waals surface area contributed by atoms with Crippen molar-refractivity contribution in [2.24, 2.45) is 0 Å². The molecule has 0 aliphatic carbocycles. The lowest BCUT2D eigenvalue weighted by Crippen LogP contribution is -2.27. The van der Waals surface area contributed by atoms with Crippen LogP contribution in [0.4, 0.5) is 17.6 Å². The van der Waals surface area contributed by atoms with Crippen LogP contribution in [0.25, 0.3) is 0 Å². The van der Waals surface area contributed by atoms with E-state index in [0.29, 0.717) is 45.2 Å². The van der Waals surface area contributed by atoms with E-state index in [2.05, 4.69) is 0 Å². The van der Waals surface area contributed by atoms with Gasteiger partial charge in [0.2, 0.25) is 0 Å². The summed E-state index contributed by atoms with van der Waals surface area (Å²) >= 11 is 0.785. The van der Waals surface area contributed by atoms with Crippen LogP contribution < -0.4 is 0 Å². The van der Waals surface area contributed by atoms with E-state index in [1.165, 1.54) is 0 Å². The standard InChI is InChI=1S/C2F4I2/c3-1(4,7)2(5,6)8. The van der Waals surface area contributed by atoms with Gasteiger partial charge in [0.15, 0.2) is 0 Å². The number of alkyl halides is 6. The molecule has 0 N–H and O–H groups in total. The first-order valence-corrected chi connectivity index (χ1v) is 3.54. The van der Waals surface area contributed by atoms with E-state index in [4.69, 9.17) is 0 Å². The monoisotopic (exact) mass is 354 g/mol. The van der Waals surface area contributed by atoms with Gasteiger partial charge in [-0.2, -0.15) is 17.6 Å². The molecule has 0 radical (unpaired) electrons. The first-order valence-electron chi connectivity index (χ1n) is 1.38. The fourth-order valence-electron chi connectivity index (χ4n) is 0. The average Bonchev–Trinajstić information content (AvgIpc) is 1.25. The molecule has 0 bridgehead atoms. The third-order valence-electron chi connectivity index (χ3n) is 0.321. The van der Waals surface area contributed by atoms with Crippen molar-refractivity contribution in [1.82, 2.24) is 0 Å². The molecule has 0 heterocycles. The molecule has 6 heteroatoms. The molecule has 8 heavy (non-hydrogen) atoms. The Morgan fingerprint density at radius 3 is 0.875 bits per heavy atom. The smallest absolute Gasteiger partial charge is 0.187 e. The van der Waals surface area contributed by atoms with Crippen molar-refractivity contribution in [2.75, 3.05) is 0 Å². The van der Waals surface area contributed by atoms with Crippen LogP contribution in [0.3, 0.4) is 0 Å². The molecule has 0 saturated heterocycles. The molecule has 0 unspecified atom stereocenters. The number of halogens is 6. The van der Waals surface area contributed by atoms with Gasteiger partial charge in [-0.1, -0.05) is 0 Å². The largest absolute Gasteiger partial charge is 0.367 e. The van der Waals surface area contributed by atoms with E-state index in [9.17, 15) is 17.6 Å². The van der Waals surface area contributed by atoms with E-state index < -0.39 is 7.86 Å². The Balaban J connectivity index is 4.02. The van der Waals surface area contributed by atoms with Crippen LogP contribution in [-0.4, -0.2) is 7.86 Å². The van der Waals surface area contributed by atoms with Gasteiger partial charge in [-0.3, -0.25) is 0 Å². The lowest BCUT2D eigenvalue weighted by molar-refractivity contribution is -0.0561. The highest BCUT2D eigenvalue weighted by atomic mass is 127. The third-order valence-corrected chi connectivity index (χ3v) is 2.71. The van der Waals surface area contributed by atoms with E-state index in [0.717, 1.165) is 0 Å². The van der Waals surface area contributed by atoms with Gasteiger partial charge in [-0.25, -0.2) is 0 Å². The summed E-state index contributed by atoms with van der Waals surface area (Å²) in [6, 6.07) is 0. The molecule has 0 amide bonds. The van der Waals surface area contributed by atoms with Crippen LogP contribution in [0.1, 0.15) is 0 Å². The molecular weight excluding hydrogens is 354 g/mol. The van der Waals surface area contributed by atoms with Crippen molar-refractivity contribution in [3.8, 4) is 0 Å². The molecule has 0 spiro atoms. The van der Waals surface area contributed by atoms with Crippen molar-refractivity contribution in [1.29, 1.82) is 0 Å². The van der Waals surface area contributed by atoms with Crippen molar-refractivity contribution in [3.05, 3.63) is 0 Å². The van der Waals surface area contributed by atoms with Gasteiger partial charge >= 0.3 is 7.86 Å². The van der Waals surface area contributed by atoms with E-state index in [1.807, 2.05) is 0 Å². The highest BCUT2D eigenvalue weighted by molar-refractivity contribution is 14.1. The first-order chi connectivity index (χ1) is 3.25. The molecule has 0 aliphatic heterocycles. The fourth-order valence-corrected chi connectivity index (χ4v) is 0. The minimum atomic E-state index is -3.94. The Labute approximate surface area is 70.3 Å². The molecule has 0 aliphatic rings. The van der Waals surface area contributed by atoms with Crippen molar-refractivity contribution in [2.45, 2.75) is 7.86 Å². The van der Waals surface area contributed by atoms with Gasteiger partial charge in [-0.05, 0) is 0 Å². The summed E-state index contributed by atoms with van der Waals surface area (Å²) in [7, 11) is 0. The van der Waals surface area contributed by atoms with Crippen molar-refractivity contribution in [3.63, 3.8) is 0 Å². The molecule has 0 atom stereocenters. The summed E-state index contributed by atoms with van der Waals surface area (Å²) in [6.07, 6.45) is 0. The zero-order chi connectivity index (χ0) is 7.00. The Bertz CT molecular complexity index is 67.0. The molecule has 0 rings (SSSR count). The summed E-state index contributed by atoms with van der Waals surface area (Å²) in [6.45, 7) is 0. The topological polar surface area (TPSA) is 0 Å². The molecule has 0 saturated carbocycles. The van der Waals surface area contributed by atoms with E-state index >= 15 is 0 Å². The maximum absolute atomic E-state index is 11.5. The van der Waals surface area contributed by atoms with Crippen molar-refractivity contribution >= 4 is 45.2 Å². The lowest BCUT2D eigenvalue weighted by atomic mass is 10.8. The summed E-state index contributed by atoms with van der Waals surface area (Å²) in [5.41, 5.74) is 0. The van der Waals surface area contributed by atoms with Crippen molar-refractivity contribution < 1.29 is 17.6 Å². The molecule has 0 nitrogen and oxygen atoms in total. The van der Waals surface area contributed by atoms with Crippen LogP contribution in [0.15, 0.2) is 0 Å². The van der Waals surface area contributed by atoms with Crippen LogP contribution in [0, 0.1) is 0 Å². The Morgan fingerprint density at radius 1 is 0.750 bits per heavy atom. The summed E-state index contributed by atoms with van der Waals surface area (Å²) in [5, 5.41) is 0. The highest BCUT2D eigenvalue weighted by Gasteiger charge is 2.51. The zero-order valence-corrected chi connectivity index (χ0v) is 7.58. The molecule has 50 valence electrons. The predicted molar refractivity (Wildman–Crippen MR) is 37.9 cm³/mol. The van der Waals surface area contributed by atoms with Gasteiger partial charge in [0.1, 0.15) is 0 Å². The predicted octanol–water partition coefficient (Wildman–Crippen LogP) is 3.04. The Hall–Kier alpha value is 1.18. The van der Waals surface area contributed by atoms with Gasteiger partial charge in [0.05, 0.1) is 0 Å². The van der Waals surface area contributed by atoms with Crippen LogP contribution in [0.5, 0.6) is 0 Å². The van der Waals surface area contributed by atoms with Crippen LogP contribution in [0.2, 0.25) is 0 Å². The van der Waals surface area contributed by atoms with E-state index in [1.54, 1.807) is 0 Å².